The highest BCUT2D eigenvalue weighted by atomic mass is 35.5. The van der Waals surface area contributed by atoms with Crippen molar-refractivity contribution in [3.8, 4) is 6.07 Å². The van der Waals surface area contributed by atoms with Crippen LogP contribution in [0.25, 0.3) is 0 Å². The molecule has 15 heavy (non-hydrogen) atoms. The molecule has 1 aromatic rings. The highest BCUT2D eigenvalue weighted by Gasteiger charge is 2.15. The number of nitriles is 1. The van der Waals surface area contributed by atoms with Gasteiger partial charge < -0.3 is 4.90 Å². The second-order valence-electron chi connectivity index (χ2n) is 2.96. The van der Waals surface area contributed by atoms with Gasteiger partial charge in [-0.1, -0.05) is 23.7 Å². The van der Waals surface area contributed by atoms with Crippen LogP contribution in [0.5, 0.6) is 0 Å². The van der Waals surface area contributed by atoms with Crippen LogP contribution in [0, 0.1) is 11.3 Å². The minimum atomic E-state index is -0.204. The Kier molecular flexibility index (Phi) is 4.14. The van der Waals surface area contributed by atoms with Crippen LogP contribution in [0.15, 0.2) is 24.3 Å². The van der Waals surface area contributed by atoms with Crippen molar-refractivity contribution in [2.45, 2.75) is 6.92 Å². The van der Waals surface area contributed by atoms with Gasteiger partial charge in [0, 0.05) is 6.54 Å². The Bertz CT molecular complexity index is 398. The Balaban J connectivity index is 2.94. The summed E-state index contributed by atoms with van der Waals surface area (Å²) in [6.45, 7) is 2.41. The Morgan fingerprint density at radius 2 is 2.20 bits per heavy atom. The fourth-order valence-electron chi connectivity index (χ4n) is 1.22. The Morgan fingerprint density at radius 3 is 2.73 bits per heavy atom. The summed E-state index contributed by atoms with van der Waals surface area (Å²) in [4.78, 5) is 13.3. The largest absolute Gasteiger partial charge is 0.326 e. The summed E-state index contributed by atoms with van der Waals surface area (Å²) in [5, 5.41) is 8.97. The van der Waals surface area contributed by atoms with Crippen molar-refractivity contribution in [2.75, 3.05) is 13.1 Å². The zero-order valence-electron chi connectivity index (χ0n) is 8.40. The maximum absolute atomic E-state index is 11.9. The van der Waals surface area contributed by atoms with E-state index in [9.17, 15) is 4.79 Å². The molecular weight excluding hydrogens is 212 g/mol. The van der Waals surface area contributed by atoms with Crippen molar-refractivity contribution in [3.05, 3.63) is 34.9 Å². The van der Waals surface area contributed by atoms with E-state index < -0.39 is 0 Å². The predicted molar refractivity (Wildman–Crippen MR) is 58.6 cm³/mol. The Morgan fingerprint density at radius 1 is 1.53 bits per heavy atom. The minimum Gasteiger partial charge on any atom is -0.326 e. The summed E-state index contributed by atoms with van der Waals surface area (Å²) in [7, 11) is 0. The third kappa shape index (κ3) is 2.71. The molecule has 0 N–H and O–H groups in total. The lowest BCUT2D eigenvalue weighted by atomic mass is 10.2. The van der Waals surface area contributed by atoms with Crippen molar-refractivity contribution in [1.29, 1.82) is 5.26 Å². The molecule has 0 bridgehead atoms. The van der Waals surface area contributed by atoms with E-state index >= 15 is 0 Å². The van der Waals surface area contributed by atoms with Gasteiger partial charge in [0.05, 0.1) is 16.7 Å². The van der Waals surface area contributed by atoms with E-state index in [0.717, 1.165) is 0 Å². The lowest BCUT2D eigenvalue weighted by Gasteiger charge is -2.17. The molecule has 3 nitrogen and oxygen atoms in total. The third-order valence-electron chi connectivity index (χ3n) is 2.03. The lowest BCUT2D eigenvalue weighted by molar-refractivity contribution is 0.0784. The number of benzene rings is 1. The van der Waals surface area contributed by atoms with Gasteiger partial charge in [0.15, 0.2) is 0 Å². The molecule has 1 aromatic carbocycles. The van der Waals surface area contributed by atoms with E-state index in [-0.39, 0.29) is 12.5 Å². The number of halogens is 1. The van der Waals surface area contributed by atoms with Crippen molar-refractivity contribution in [3.63, 3.8) is 0 Å². The average Bonchev–Trinajstić information content (AvgIpc) is 2.25. The first kappa shape index (κ1) is 11.5. The molecule has 0 aliphatic carbocycles. The number of amides is 1. The Hall–Kier alpha value is -1.53. The summed E-state index contributed by atoms with van der Waals surface area (Å²) in [6, 6.07) is 8.78. The Labute approximate surface area is 93.9 Å². The molecular formula is C11H11ClN2O. The molecule has 78 valence electrons. The molecule has 1 rings (SSSR count). The molecule has 0 spiro atoms. The summed E-state index contributed by atoms with van der Waals surface area (Å²) < 4.78 is 0. The standard InChI is InChI=1S/C11H11ClN2O/c1-2-14(8-7-13)11(15)9-5-3-4-6-10(9)12/h3-6H,2,8H2,1H3. The van der Waals surface area contributed by atoms with Crippen LogP contribution in [-0.2, 0) is 0 Å². The smallest absolute Gasteiger partial charge is 0.256 e. The van der Waals surface area contributed by atoms with Crippen molar-refractivity contribution >= 4 is 17.5 Å². The van der Waals surface area contributed by atoms with Crippen LogP contribution < -0.4 is 0 Å². The summed E-state index contributed by atoms with van der Waals surface area (Å²) in [6.07, 6.45) is 0. The van der Waals surface area contributed by atoms with Gasteiger partial charge in [0.1, 0.15) is 6.54 Å². The quantitative estimate of drug-likeness (QED) is 0.737. The molecule has 0 aliphatic heterocycles. The van der Waals surface area contributed by atoms with Crippen LogP contribution in [-0.4, -0.2) is 23.9 Å². The van der Waals surface area contributed by atoms with Gasteiger partial charge in [0.25, 0.3) is 5.91 Å². The molecule has 0 aliphatic rings. The first-order valence-electron chi connectivity index (χ1n) is 4.61. The second-order valence-corrected chi connectivity index (χ2v) is 3.36. The van der Waals surface area contributed by atoms with Crippen LogP contribution in [0.1, 0.15) is 17.3 Å². The maximum Gasteiger partial charge on any atom is 0.256 e. The number of carbonyl (C=O) groups excluding carboxylic acids is 1. The first-order valence-corrected chi connectivity index (χ1v) is 4.99. The normalized spacial score (nSPS) is 9.40. The summed E-state index contributed by atoms with van der Waals surface area (Å²) in [5.74, 6) is -0.204. The zero-order chi connectivity index (χ0) is 11.3. The molecule has 0 saturated heterocycles. The fourth-order valence-corrected chi connectivity index (χ4v) is 1.43. The number of rotatable bonds is 3. The predicted octanol–water partition coefficient (Wildman–Crippen LogP) is 2.33. The molecule has 0 aromatic heterocycles. The van der Waals surface area contributed by atoms with E-state index in [1.807, 2.05) is 13.0 Å². The van der Waals surface area contributed by atoms with Gasteiger partial charge in [0.2, 0.25) is 0 Å². The molecule has 0 unspecified atom stereocenters. The lowest BCUT2D eigenvalue weighted by Crippen LogP contribution is -2.31. The van der Waals surface area contributed by atoms with Gasteiger partial charge in [-0.15, -0.1) is 0 Å². The van der Waals surface area contributed by atoms with E-state index in [4.69, 9.17) is 16.9 Å². The topological polar surface area (TPSA) is 44.1 Å². The fraction of sp³-hybridized carbons (Fsp3) is 0.273. The highest BCUT2D eigenvalue weighted by molar-refractivity contribution is 6.33. The number of carbonyl (C=O) groups is 1. The maximum atomic E-state index is 11.9. The zero-order valence-corrected chi connectivity index (χ0v) is 9.16. The van der Waals surface area contributed by atoms with E-state index in [1.54, 1.807) is 24.3 Å². The van der Waals surface area contributed by atoms with Crippen LogP contribution in [0.4, 0.5) is 0 Å². The van der Waals surface area contributed by atoms with Gasteiger partial charge in [-0.2, -0.15) is 5.26 Å². The van der Waals surface area contributed by atoms with E-state index in [1.165, 1.54) is 4.90 Å². The first-order chi connectivity index (χ1) is 7.20. The summed E-state index contributed by atoms with van der Waals surface area (Å²) in [5.41, 5.74) is 0.441. The average molecular weight is 223 g/mol. The third-order valence-corrected chi connectivity index (χ3v) is 2.36. The molecule has 0 radical (unpaired) electrons. The van der Waals surface area contributed by atoms with Crippen LogP contribution >= 0.6 is 11.6 Å². The monoisotopic (exact) mass is 222 g/mol. The SMILES string of the molecule is CCN(CC#N)C(=O)c1ccccc1Cl. The van der Waals surface area contributed by atoms with Gasteiger partial charge in [-0.3, -0.25) is 4.79 Å². The van der Waals surface area contributed by atoms with Gasteiger partial charge >= 0.3 is 0 Å². The number of hydrogen-bond donors (Lipinski definition) is 0. The molecule has 0 atom stereocenters. The molecule has 0 saturated carbocycles. The van der Waals surface area contributed by atoms with Crippen LogP contribution in [0.3, 0.4) is 0 Å². The molecule has 0 heterocycles. The van der Waals surface area contributed by atoms with Gasteiger partial charge in [-0.25, -0.2) is 0 Å². The van der Waals surface area contributed by atoms with Crippen molar-refractivity contribution in [1.82, 2.24) is 4.90 Å². The van der Waals surface area contributed by atoms with Crippen LogP contribution in [0.2, 0.25) is 5.02 Å². The summed E-state index contributed by atoms with van der Waals surface area (Å²) >= 11 is 5.89. The minimum absolute atomic E-state index is 0.0839. The molecule has 0 fully saturated rings. The molecule has 1 amide bonds. The van der Waals surface area contributed by atoms with E-state index in [0.29, 0.717) is 17.1 Å². The molecule has 4 heteroatoms. The van der Waals surface area contributed by atoms with Crippen molar-refractivity contribution < 1.29 is 4.79 Å². The van der Waals surface area contributed by atoms with E-state index in [2.05, 4.69) is 0 Å². The second kappa shape index (κ2) is 5.38. The number of hydrogen-bond acceptors (Lipinski definition) is 2. The number of nitrogens with zero attached hydrogens (tertiary/aromatic N) is 2. The van der Waals surface area contributed by atoms with Gasteiger partial charge in [-0.05, 0) is 19.1 Å². The van der Waals surface area contributed by atoms with Crippen molar-refractivity contribution in [2.24, 2.45) is 0 Å². The highest BCUT2D eigenvalue weighted by Crippen LogP contribution is 2.16.